The fraction of sp³-hybridized carbons (Fsp3) is 0.286. The Hall–Kier alpha value is -2.35. The first-order valence-corrected chi connectivity index (χ1v) is 7.77. The summed E-state index contributed by atoms with van der Waals surface area (Å²) in [5.74, 6) is 0.703. The molecule has 1 aromatic carbocycles. The molecule has 0 radical (unpaired) electrons. The summed E-state index contributed by atoms with van der Waals surface area (Å²) >= 11 is 1.22. The van der Waals surface area contributed by atoms with E-state index in [1.54, 1.807) is 16.6 Å². The Kier molecular flexibility index (Phi) is 3.11. The molecule has 22 heavy (non-hydrogen) atoms. The number of fused-ring (bicyclic) bond motifs is 1. The second kappa shape index (κ2) is 5.13. The van der Waals surface area contributed by atoms with Crippen LogP contribution in [0.3, 0.4) is 0 Å². The van der Waals surface area contributed by atoms with Crippen LogP contribution in [0, 0.1) is 5.82 Å². The average Bonchev–Trinajstić information content (AvgIpc) is 3.14. The van der Waals surface area contributed by atoms with E-state index in [1.807, 2.05) is 0 Å². The number of carbonyl (C=O) groups is 1. The number of carbonyl (C=O) groups excluding carboxylic acids is 1. The first kappa shape index (κ1) is 13.3. The molecule has 1 amide bonds. The molecule has 2 aromatic heterocycles. The average molecular weight is 317 g/mol. The van der Waals surface area contributed by atoms with Crippen molar-refractivity contribution in [1.82, 2.24) is 25.1 Å². The Morgan fingerprint density at radius 1 is 1.32 bits per heavy atom. The molecule has 2 heterocycles. The van der Waals surface area contributed by atoms with Gasteiger partial charge in [-0.05, 0) is 30.5 Å². The lowest BCUT2D eigenvalue weighted by molar-refractivity contribution is 0.0949. The summed E-state index contributed by atoms with van der Waals surface area (Å²) in [5.41, 5.74) is 0.830. The van der Waals surface area contributed by atoms with Crippen molar-refractivity contribution in [1.29, 1.82) is 0 Å². The molecule has 0 atom stereocenters. The maximum absolute atomic E-state index is 12.8. The first-order valence-electron chi connectivity index (χ1n) is 6.95. The molecule has 0 bridgehead atoms. The summed E-state index contributed by atoms with van der Waals surface area (Å²) < 4.78 is 14.5. The molecule has 1 N–H and O–H groups in total. The lowest BCUT2D eigenvalue weighted by Crippen LogP contribution is -2.22. The Balaban J connectivity index is 1.49. The van der Waals surface area contributed by atoms with Crippen LogP contribution in [-0.2, 0) is 6.54 Å². The van der Waals surface area contributed by atoms with Crippen LogP contribution in [0.5, 0.6) is 0 Å². The van der Waals surface area contributed by atoms with Gasteiger partial charge in [-0.15, -0.1) is 15.3 Å². The number of nitrogens with zero attached hydrogens (tertiary/aromatic N) is 4. The van der Waals surface area contributed by atoms with Gasteiger partial charge in [-0.1, -0.05) is 23.5 Å². The lowest BCUT2D eigenvalue weighted by atomic mass is 10.2. The number of halogens is 1. The van der Waals surface area contributed by atoms with E-state index in [4.69, 9.17) is 0 Å². The van der Waals surface area contributed by atoms with Crippen LogP contribution in [0.15, 0.2) is 24.3 Å². The molecule has 1 aliphatic rings. The molecular formula is C14H12FN5OS. The number of nitrogens with one attached hydrogen (secondary N) is 1. The number of aromatic nitrogens is 4. The van der Waals surface area contributed by atoms with Gasteiger partial charge in [-0.25, -0.2) is 4.39 Å². The van der Waals surface area contributed by atoms with Crippen LogP contribution in [0.4, 0.5) is 4.39 Å². The molecule has 0 saturated heterocycles. The third-order valence-electron chi connectivity index (χ3n) is 3.52. The number of benzene rings is 1. The normalized spacial score (nSPS) is 14.4. The van der Waals surface area contributed by atoms with Crippen molar-refractivity contribution in [2.24, 2.45) is 0 Å². The molecule has 1 saturated carbocycles. The van der Waals surface area contributed by atoms with E-state index in [1.165, 1.54) is 23.5 Å². The molecule has 6 nitrogen and oxygen atoms in total. The van der Waals surface area contributed by atoms with Crippen LogP contribution in [0.2, 0.25) is 0 Å². The SMILES string of the molecule is O=C(NCc1ccc(F)cc1)c1nn2c(C3CC3)nnc2s1. The topological polar surface area (TPSA) is 72.2 Å². The van der Waals surface area contributed by atoms with Gasteiger partial charge in [0.05, 0.1) is 0 Å². The number of amides is 1. The largest absolute Gasteiger partial charge is 0.346 e. The van der Waals surface area contributed by atoms with Gasteiger partial charge in [0, 0.05) is 12.5 Å². The fourth-order valence-electron chi connectivity index (χ4n) is 2.18. The minimum Gasteiger partial charge on any atom is -0.346 e. The van der Waals surface area contributed by atoms with E-state index in [-0.39, 0.29) is 11.7 Å². The predicted octanol–water partition coefficient (Wildman–Crippen LogP) is 2.13. The third kappa shape index (κ3) is 2.45. The Labute approximate surface area is 129 Å². The van der Waals surface area contributed by atoms with Crippen molar-refractivity contribution in [3.05, 3.63) is 46.5 Å². The third-order valence-corrected chi connectivity index (χ3v) is 4.42. The summed E-state index contributed by atoms with van der Waals surface area (Å²) in [6.07, 6.45) is 2.20. The number of hydrogen-bond donors (Lipinski definition) is 1. The van der Waals surface area contributed by atoms with E-state index in [2.05, 4.69) is 20.6 Å². The highest BCUT2D eigenvalue weighted by atomic mass is 32.1. The maximum atomic E-state index is 12.8. The molecule has 1 fully saturated rings. The molecule has 8 heteroatoms. The van der Waals surface area contributed by atoms with Gasteiger partial charge in [0.1, 0.15) is 5.82 Å². The van der Waals surface area contributed by atoms with E-state index in [0.29, 0.717) is 22.4 Å². The standard InChI is InChI=1S/C14H12FN5OS/c15-10-5-1-8(2-6-10)7-16-12(21)13-19-20-11(9-3-4-9)17-18-14(20)22-13/h1-2,5-6,9H,3-4,7H2,(H,16,21). The van der Waals surface area contributed by atoms with E-state index in [9.17, 15) is 9.18 Å². The lowest BCUT2D eigenvalue weighted by Gasteiger charge is -2.02. The Morgan fingerprint density at radius 2 is 2.09 bits per heavy atom. The zero-order valence-corrected chi connectivity index (χ0v) is 12.3. The smallest absolute Gasteiger partial charge is 0.282 e. The highest BCUT2D eigenvalue weighted by Crippen LogP contribution is 2.39. The molecule has 0 unspecified atom stereocenters. The van der Waals surface area contributed by atoms with Crippen molar-refractivity contribution in [3.8, 4) is 0 Å². The first-order chi connectivity index (χ1) is 10.7. The summed E-state index contributed by atoms with van der Waals surface area (Å²) in [5, 5.41) is 15.6. The van der Waals surface area contributed by atoms with Gasteiger partial charge < -0.3 is 5.32 Å². The Bertz CT molecular complexity index is 837. The minimum atomic E-state index is -0.295. The van der Waals surface area contributed by atoms with Crippen LogP contribution in [0.1, 0.15) is 39.9 Å². The zero-order chi connectivity index (χ0) is 15.1. The summed E-state index contributed by atoms with van der Waals surface area (Å²) in [6.45, 7) is 0.328. The molecule has 4 rings (SSSR count). The van der Waals surface area contributed by atoms with Crippen molar-refractivity contribution in [2.75, 3.05) is 0 Å². The van der Waals surface area contributed by atoms with Crippen molar-refractivity contribution in [2.45, 2.75) is 25.3 Å². The highest BCUT2D eigenvalue weighted by molar-refractivity contribution is 7.18. The van der Waals surface area contributed by atoms with Gasteiger partial charge in [-0.2, -0.15) is 4.52 Å². The number of hydrogen-bond acceptors (Lipinski definition) is 5. The van der Waals surface area contributed by atoms with Crippen LogP contribution < -0.4 is 5.32 Å². The summed E-state index contributed by atoms with van der Waals surface area (Å²) in [6, 6.07) is 6.01. The molecular weight excluding hydrogens is 305 g/mol. The predicted molar refractivity (Wildman–Crippen MR) is 78.2 cm³/mol. The molecule has 3 aromatic rings. The van der Waals surface area contributed by atoms with E-state index in [0.717, 1.165) is 24.2 Å². The monoisotopic (exact) mass is 317 g/mol. The second-order valence-corrected chi connectivity index (χ2v) is 6.20. The van der Waals surface area contributed by atoms with Crippen molar-refractivity contribution >= 4 is 22.2 Å². The molecule has 0 spiro atoms. The van der Waals surface area contributed by atoms with Crippen molar-refractivity contribution < 1.29 is 9.18 Å². The highest BCUT2D eigenvalue weighted by Gasteiger charge is 2.30. The quantitative estimate of drug-likeness (QED) is 0.800. The van der Waals surface area contributed by atoms with Crippen LogP contribution in [0.25, 0.3) is 4.96 Å². The molecule has 112 valence electrons. The van der Waals surface area contributed by atoms with Gasteiger partial charge in [-0.3, -0.25) is 4.79 Å². The summed E-state index contributed by atoms with van der Waals surface area (Å²) in [7, 11) is 0. The Morgan fingerprint density at radius 3 is 2.82 bits per heavy atom. The van der Waals surface area contributed by atoms with Gasteiger partial charge in [0.2, 0.25) is 9.97 Å². The van der Waals surface area contributed by atoms with E-state index >= 15 is 0 Å². The minimum absolute atomic E-state index is 0.262. The van der Waals surface area contributed by atoms with Gasteiger partial charge in [0.15, 0.2) is 5.82 Å². The molecule has 1 aliphatic carbocycles. The zero-order valence-electron chi connectivity index (χ0n) is 11.5. The van der Waals surface area contributed by atoms with Crippen LogP contribution in [-0.4, -0.2) is 25.7 Å². The fourth-order valence-corrected chi connectivity index (χ4v) is 2.94. The second-order valence-electron chi connectivity index (χ2n) is 5.24. The number of rotatable bonds is 4. The van der Waals surface area contributed by atoms with Gasteiger partial charge >= 0.3 is 0 Å². The van der Waals surface area contributed by atoms with Crippen molar-refractivity contribution in [3.63, 3.8) is 0 Å². The molecule has 0 aliphatic heterocycles. The van der Waals surface area contributed by atoms with E-state index < -0.39 is 0 Å². The van der Waals surface area contributed by atoms with Crippen LogP contribution >= 0.6 is 11.3 Å². The maximum Gasteiger partial charge on any atom is 0.282 e. The summed E-state index contributed by atoms with van der Waals surface area (Å²) in [4.78, 5) is 12.8. The van der Waals surface area contributed by atoms with Gasteiger partial charge in [0.25, 0.3) is 5.91 Å².